The van der Waals surface area contributed by atoms with Crippen LogP contribution in [0.15, 0.2) is 60.7 Å². The van der Waals surface area contributed by atoms with Gasteiger partial charge in [-0.1, -0.05) is 60.7 Å². The number of hydrogen-bond donors (Lipinski definition) is 0. The van der Waals surface area contributed by atoms with Crippen molar-refractivity contribution in [3.05, 3.63) is 71.8 Å². The zero-order valence-electron chi connectivity index (χ0n) is 14.2. The smallest absolute Gasteiger partial charge is 0.188 e. The molecular formula is C22H16N4. The van der Waals surface area contributed by atoms with E-state index in [4.69, 9.17) is 0 Å². The first-order chi connectivity index (χ1) is 12.7. The van der Waals surface area contributed by atoms with Gasteiger partial charge in [0, 0.05) is 0 Å². The van der Waals surface area contributed by atoms with Gasteiger partial charge in [-0.05, 0) is 30.4 Å². The topological polar surface area (TPSA) is 95.2 Å². The number of hydrogen-bond acceptors (Lipinski definition) is 4. The van der Waals surface area contributed by atoms with Gasteiger partial charge < -0.3 is 0 Å². The van der Waals surface area contributed by atoms with Crippen LogP contribution < -0.4 is 0 Å². The highest BCUT2D eigenvalue weighted by atomic mass is 14.7. The Bertz CT molecular complexity index is 898. The minimum Gasteiger partial charge on any atom is -0.196 e. The lowest BCUT2D eigenvalue weighted by Gasteiger charge is -2.51. The van der Waals surface area contributed by atoms with Gasteiger partial charge in [-0.25, -0.2) is 0 Å². The molecular weight excluding hydrogens is 320 g/mol. The lowest BCUT2D eigenvalue weighted by atomic mass is 9.43. The Hall–Kier alpha value is -3.60. The molecule has 3 rings (SSSR count). The standard InChI is InChI=1S/C22H16N4/c23-14-20(15-24)12-7-13-22(21(20,16-25)17-26,18-8-3-1-4-9-18)19-10-5-2-6-11-19/h1-6,8-11H,7,12-13H2. The van der Waals surface area contributed by atoms with Crippen LogP contribution in [0.2, 0.25) is 0 Å². The van der Waals surface area contributed by atoms with Crippen LogP contribution in [0, 0.1) is 56.2 Å². The molecule has 1 aliphatic carbocycles. The summed E-state index contributed by atoms with van der Waals surface area (Å²) in [5.74, 6) is 0. The average Bonchev–Trinajstić information content (AvgIpc) is 2.73. The van der Waals surface area contributed by atoms with Crippen LogP contribution in [-0.4, -0.2) is 0 Å². The number of rotatable bonds is 2. The zero-order valence-corrected chi connectivity index (χ0v) is 14.2. The summed E-state index contributed by atoms with van der Waals surface area (Å²) in [6.45, 7) is 0. The molecule has 1 fully saturated rings. The maximum Gasteiger partial charge on any atom is 0.188 e. The van der Waals surface area contributed by atoms with Crippen LogP contribution >= 0.6 is 0 Å². The molecule has 0 radical (unpaired) electrons. The first kappa shape index (κ1) is 17.2. The minimum atomic E-state index is -1.82. The number of benzene rings is 2. The van der Waals surface area contributed by atoms with Gasteiger partial charge >= 0.3 is 0 Å². The van der Waals surface area contributed by atoms with Crippen molar-refractivity contribution >= 4 is 0 Å². The monoisotopic (exact) mass is 336 g/mol. The van der Waals surface area contributed by atoms with Crippen LogP contribution in [0.1, 0.15) is 30.4 Å². The lowest BCUT2D eigenvalue weighted by molar-refractivity contribution is 0.111. The van der Waals surface area contributed by atoms with Crippen molar-refractivity contribution in [2.45, 2.75) is 24.7 Å². The van der Waals surface area contributed by atoms with Gasteiger partial charge in [-0.15, -0.1) is 0 Å². The SMILES string of the molecule is N#CC1(C#N)CCCC(c2ccccc2)(c2ccccc2)C1(C#N)C#N. The van der Waals surface area contributed by atoms with E-state index in [0.717, 1.165) is 11.1 Å². The van der Waals surface area contributed by atoms with Crippen molar-refractivity contribution in [3.63, 3.8) is 0 Å². The van der Waals surface area contributed by atoms with Crippen LogP contribution in [0.5, 0.6) is 0 Å². The van der Waals surface area contributed by atoms with Crippen molar-refractivity contribution in [1.82, 2.24) is 0 Å². The summed E-state index contributed by atoms with van der Waals surface area (Å²) in [4.78, 5) is 0. The van der Waals surface area contributed by atoms with E-state index in [1.165, 1.54) is 0 Å². The molecule has 1 aliphatic rings. The highest BCUT2D eigenvalue weighted by Crippen LogP contribution is 2.62. The van der Waals surface area contributed by atoms with E-state index in [1.807, 2.05) is 72.8 Å². The molecule has 0 saturated heterocycles. The Balaban J connectivity index is 2.49. The second-order valence-electron chi connectivity index (χ2n) is 6.59. The predicted octanol–water partition coefficient (Wildman–Crippen LogP) is 4.22. The number of nitriles is 4. The molecule has 2 aromatic carbocycles. The van der Waals surface area contributed by atoms with Gasteiger partial charge in [0.25, 0.3) is 0 Å². The molecule has 0 bridgehead atoms. The molecule has 0 aliphatic heterocycles. The average molecular weight is 336 g/mol. The van der Waals surface area contributed by atoms with Gasteiger partial charge in [0.15, 0.2) is 10.8 Å². The third-order valence-corrected chi connectivity index (χ3v) is 5.63. The summed E-state index contributed by atoms with van der Waals surface area (Å²) < 4.78 is 0. The molecule has 0 N–H and O–H groups in total. The van der Waals surface area contributed by atoms with Crippen molar-refractivity contribution in [2.24, 2.45) is 10.8 Å². The molecule has 4 nitrogen and oxygen atoms in total. The van der Waals surface area contributed by atoms with Crippen molar-refractivity contribution in [3.8, 4) is 24.3 Å². The highest BCUT2D eigenvalue weighted by Gasteiger charge is 2.69. The van der Waals surface area contributed by atoms with Gasteiger partial charge in [0.1, 0.15) is 0 Å². The molecule has 0 atom stereocenters. The van der Waals surface area contributed by atoms with E-state index in [-0.39, 0.29) is 6.42 Å². The molecule has 124 valence electrons. The lowest BCUT2D eigenvalue weighted by Crippen LogP contribution is -2.57. The number of nitrogens with zero attached hydrogens (tertiary/aromatic N) is 4. The maximum atomic E-state index is 10.2. The highest BCUT2D eigenvalue weighted by molar-refractivity contribution is 5.54. The van der Waals surface area contributed by atoms with E-state index in [2.05, 4.69) is 12.1 Å². The summed E-state index contributed by atoms with van der Waals surface area (Å²) in [6, 6.07) is 27.0. The molecule has 0 aromatic heterocycles. The van der Waals surface area contributed by atoms with Crippen LogP contribution in [0.4, 0.5) is 0 Å². The Morgan fingerprint density at radius 2 is 1.08 bits per heavy atom. The summed E-state index contributed by atoms with van der Waals surface area (Å²) in [5, 5.41) is 40.2. The Morgan fingerprint density at radius 1 is 0.615 bits per heavy atom. The van der Waals surface area contributed by atoms with Gasteiger partial charge in [0.05, 0.1) is 29.7 Å². The predicted molar refractivity (Wildman–Crippen MR) is 94.8 cm³/mol. The van der Waals surface area contributed by atoms with E-state index < -0.39 is 16.2 Å². The molecule has 0 spiro atoms. The summed E-state index contributed by atoms with van der Waals surface area (Å²) in [5.41, 5.74) is -3.00. The maximum absolute atomic E-state index is 10.2. The first-order valence-electron chi connectivity index (χ1n) is 8.42. The second-order valence-corrected chi connectivity index (χ2v) is 6.59. The summed E-state index contributed by atoms with van der Waals surface area (Å²) in [7, 11) is 0. The summed E-state index contributed by atoms with van der Waals surface area (Å²) in [6.07, 6.45) is 1.31. The third-order valence-electron chi connectivity index (χ3n) is 5.63. The summed E-state index contributed by atoms with van der Waals surface area (Å²) >= 11 is 0. The molecule has 26 heavy (non-hydrogen) atoms. The third kappa shape index (κ3) is 1.97. The van der Waals surface area contributed by atoms with Crippen molar-refractivity contribution in [2.75, 3.05) is 0 Å². The van der Waals surface area contributed by atoms with E-state index in [9.17, 15) is 21.0 Å². The van der Waals surface area contributed by atoms with Gasteiger partial charge in [-0.2, -0.15) is 21.0 Å². The quantitative estimate of drug-likeness (QED) is 0.820. The normalized spacial score (nSPS) is 19.1. The molecule has 2 aromatic rings. The van der Waals surface area contributed by atoms with E-state index in [1.54, 1.807) is 0 Å². The molecule has 4 heteroatoms. The molecule has 0 unspecified atom stereocenters. The van der Waals surface area contributed by atoms with Crippen LogP contribution in [0.3, 0.4) is 0 Å². The van der Waals surface area contributed by atoms with E-state index >= 15 is 0 Å². The zero-order chi connectivity index (χ0) is 18.7. The Kier molecular flexibility index (Phi) is 4.22. The fourth-order valence-corrected chi connectivity index (χ4v) is 4.40. The Labute approximate surface area is 153 Å². The van der Waals surface area contributed by atoms with Gasteiger partial charge in [0.2, 0.25) is 0 Å². The fraction of sp³-hybridized carbons (Fsp3) is 0.273. The molecule has 0 amide bonds. The van der Waals surface area contributed by atoms with Crippen LogP contribution in [-0.2, 0) is 5.41 Å². The largest absolute Gasteiger partial charge is 0.196 e. The van der Waals surface area contributed by atoms with Crippen molar-refractivity contribution < 1.29 is 0 Å². The Morgan fingerprint density at radius 3 is 1.46 bits per heavy atom. The fourth-order valence-electron chi connectivity index (χ4n) is 4.40. The van der Waals surface area contributed by atoms with E-state index in [0.29, 0.717) is 12.8 Å². The molecule has 1 saturated carbocycles. The van der Waals surface area contributed by atoms with Crippen LogP contribution in [0.25, 0.3) is 0 Å². The first-order valence-corrected chi connectivity index (χ1v) is 8.42. The minimum absolute atomic E-state index is 0.211. The van der Waals surface area contributed by atoms with Crippen molar-refractivity contribution in [1.29, 1.82) is 21.0 Å². The molecule has 0 heterocycles. The second kappa shape index (κ2) is 6.37. The van der Waals surface area contributed by atoms with Gasteiger partial charge in [-0.3, -0.25) is 0 Å².